The highest BCUT2D eigenvalue weighted by molar-refractivity contribution is 6.36. The van der Waals surface area contributed by atoms with Gasteiger partial charge < -0.3 is 10.1 Å². The van der Waals surface area contributed by atoms with Crippen LogP contribution in [0.15, 0.2) is 30.5 Å². The molecule has 4 nitrogen and oxygen atoms in total. The lowest BCUT2D eigenvalue weighted by Crippen LogP contribution is -2.30. The van der Waals surface area contributed by atoms with Crippen LogP contribution in [-0.2, 0) is 4.79 Å². The molecule has 0 fully saturated rings. The number of carbonyl (C=O) groups excluding carboxylic acids is 1. The Hall–Kier alpha value is -1.20. The van der Waals surface area contributed by atoms with Gasteiger partial charge >= 0.3 is 0 Å². The molecule has 1 aromatic carbocycles. The molecule has 116 valence electrons. The second-order valence-electron chi connectivity index (χ2n) is 4.31. The molecule has 8 heteroatoms. The number of hydrogen-bond acceptors (Lipinski definition) is 3. The number of anilines is 1. The van der Waals surface area contributed by atoms with Gasteiger partial charge in [0.05, 0.1) is 15.1 Å². The van der Waals surface area contributed by atoms with E-state index < -0.39 is 12.0 Å². The zero-order chi connectivity index (χ0) is 16.3. The van der Waals surface area contributed by atoms with E-state index in [9.17, 15) is 4.79 Å². The number of pyridine rings is 1. The monoisotopic (exact) mass is 378 g/mol. The Morgan fingerprint density at radius 2 is 1.82 bits per heavy atom. The van der Waals surface area contributed by atoms with Gasteiger partial charge in [0.25, 0.3) is 5.91 Å². The summed E-state index contributed by atoms with van der Waals surface area (Å²) in [5.74, 6) is 0.125. The molecule has 0 aliphatic carbocycles. The molecule has 2 rings (SSSR count). The summed E-state index contributed by atoms with van der Waals surface area (Å²) in [6.45, 7) is 1.57. The maximum Gasteiger partial charge on any atom is 0.266 e. The van der Waals surface area contributed by atoms with E-state index in [1.54, 1.807) is 19.1 Å². The predicted molar refractivity (Wildman–Crippen MR) is 89.4 cm³/mol. The standard InChI is InChI=1S/C14H10Cl4N2O2/c1-7(22-12-3-2-8(15)4-10(12)17)14(21)20-13-11(18)5-9(16)6-19-13/h2-7H,1H3,(H,19,20,21). The summed E-state index contributed by atoms with van der Waals surface area (Å²) in [6.07, 6.45) is 0.567. The molecule has 0 saturated carbocycles. The molecule has 1 heterocycles. The number of rotatable bonds is 4. The molecular formula is C14H10Cl4N2O2. The lowest BCUT2D eigenvalue weighted by Gasteiger charge is -2.15. The highest BCUT2D eigenvalue weighted by Crippen LogP contribution is 2.28. The average Bonchev–Trinajstić information content (AvgIpc) is 2.44. The number of nitrogens with one attached hydrogen (secondary N) is 1. The highest BCUT2D eigenvalue weighted by atomic mass is 35.5. The maximum atomic E-state index is 12.1. The number of nitrogens with zero attached hydrogens (tertiary/aromatic N) is 1. The van der Waals surface area contributed by atoms with Crippen molar-refractivity contribution in [3.8, 4) is 5.75 Å². The second-order valence-corrected chi connectivity index (χ2v) is 6.00. The van der Waals surface area contributed by atoms with Crippen LogP contribution in [0.1, 0.15) is 6.92 Å². The first-order chi connectivity index (χ1) is 10.4. The molecule has 0 aliphatic rings. The fourth-order valence-corrected chi connectivity index (χ4v) is 2.42. The highest BCUT2D eigenvalue weighted by Gasteiger charge is 2.18. The Morgan fingerprint density at radius 1 is 1.14 bits per heavy atom. The fourth-order valence-electron chi connectivity index (χ4n) is 1.54. The summed E-state index contributed by atoms with van der Waals surface area (Å²) in [7, 11) is 0. The van der Waals surface area contributed by atoms with Crippen LogP contribution in [0.3, 0.4) is 0 Å². The Balaban J connectivity index is 2.05. The molecule has 0 spiro atoms. The molecular weight excluding hydrogens is 370 g/mol. The van der Waals surface area contributed by atoms with Crippen LogP contribution in [0.4, 0.5) is 5.82 Å². The van der Waals surface area contributed by atoms with Crippen molar-refractivity contribution < 1.29 is 9.53 Å². The Morgan fingerprint density at radius 3 is 2.45 bits per heavy atom. The van der Waals surface area contributed by atoms with E-state index in [0.717, 1.165) is 0 Å². The normalized spacial score (nSPS) is 11.9. The number of aromatic nitrogens is 1. The minimum Gasteiger partial charge on any atom is -0.479 e. The van der Waals surface area contributed by atoms with Crippen molar-refractivity contribution in [1.29, 1.82) is 0 Å². The van der Waals surface area contributed by atoms with Crippen molar-refractivity contribution in [1.82, 2.24) is 4.98 Å². The van der Waals surface area contributed by atoms with Crippen LogP contribution >= 0.6 is 46.4 Å². The average molecular weight is 380 g/mol. The molecule has 0 radical (unpaired) electrons. The maximum absolute atomic E-state index is 12.1. The molecule has 1 amide bonds. The third-order valence-electron chi connectivity index (χ3n) is 2.62. The van der Waals surface area contributed by atoms with Crippen LogP contribution in [-0.4, -0.2) is 17.0 Å². The summed E-state index contributed by atoms with van der Waals surface area (Å²) < 4.78 is 5.50. The number of amides is 1. The van der Waals surface area contributed by atoms with E-state index in [1.165, 1.54) is 18.3 Å². The summed E-state index contributed by atoms with van der Waals surface area (Å²) >= 11 is 23.5. The molecule has 0 aliphatic heterocycles. The van der Waals surface area contributed by atoms with Crippen molar-refractivity contribution in [2.75, 3.05) is 5.32 Å². The zero-order valence-electron chi connectivity index (χ0n) is 11.2. The van der Waals surface area contributed by atoms with Gasteiger partial charge in [0.2, 0.25) is 0 Å². The van der Waals surface area contributed by atoms with E-state index >= 15 is 0 Å². The predicted octanol–water partition coefficient (Wildman–Crippen LogP) is 5.10. The van der Waals surface area contributed by atoms with Gasteiger partial charge in [-0.2, -0.15) is 0 Å². The van der Waals surface area contributed by atoms with Gasteiger partial charge in [-0.3, -0.25) is 4.79 Å². The van der Waals surface area contributed by atoms with Crippen LogP contribution in [0, 0.1) is 0 Å². The third-order valence-corrected chi connectivity index (χ3v) is 3.64. The summed E-state index contributed by atoms with van der Waals surface area (Å²) in [6, 6.07) is 6.21. The van der Waals surface area contributed by atoms with E-state index in [4.69, 9.17) is 51.1 Å². The molecule has 0 saturated heterocycles. The Labute approximate surface area is 147 Å². The molecule has 1 aromatic heterocycles. The van der Waals surface area contributed by atoms with Gasteiger partial charge in [-0.1, -0.05) is 46.4 Å². The van der Waals surface area contributed by atoms with Crippen molar-refractivity contribution in [3.63, 3.8) is 0 Å². The van der Waals surface area contributed by atoms with E-state index in [0.29, 0.717) is 20.8 Å². The van der Waals surface area contributed by atoms with Gasteiger partial charge in [-0.25, -0.2) is 4.98 Å². The van der Waals surface area contributed by atoms with E-state index in [2.05, 4.69) is 10.3 Å². The molecule has 1 unspecified atom stereocenters. The van der Waals surface area contributed by atoms with Crippen molar-refractivity contribution in [2.24, 2.45) is 0 Å². The van der Waals surface area contributed by atoms with Crippen LogP contribution < -0.4 is 10.1 Å². The number of benzene rings is 1. The first-order valence-electron chi connectivity index (χ1n) is 6.10. The molecule has 2 aromatic rings. The molecule has 0 bridgehead atoms. The number of ether oxygens (including phenoxy) is 1. The van der Waals surface area contributed by atoms with E-state index in [1.807, 2.05) is 0 Å². The zero-order valence-corrected chi connectivity index (χ0v) is 14.3. The van der Waals surface area contributed by atoms with Gasteiger partial charge in [-0.15, -0.1) is 0 Å². The third kappa shape index (κ3) is 4.40. The van der Waals surface area contributed by atoms with Crippen LogP contribution in [0.2, 0.25) is 20.1 Å². The van der Waals surface area contributed by atoms with Crippen molar-refractivity contribution in [2.45, 2.75) is 13.0 Å². The van der Waals surface area contributed by atoms with E-state index in [-0.39, 0.29) is 10.8 Å². The van der Waals surface area contributed by atoms with Gasteiger partial charge in [-0.05, 0) is 31.2 Å². The lowest BCUT2D eigenvalue weighted by atomic mass is 10.3. The summed E-state index contributed by atoms with van der Waals surface area (Å²) in [5, 5.41) is 3.96. The van der Waals surface area contributed by atoms with Crippen molar-refractivity contribution >= 4 is 58.1 Å². The fraction of sp³-hybridized carbons (Fsp3) is 0.143. The minimum absolute atomic E-state index is 0.203. The van der Waals surface area contributed by atoms with Crippen LogP contribution in [0.25, 0.3) is 0 Å². The smallest absolute Gasteiger partial charge is 0.266 e. The summed E-state index contributed by atoms with van der Waals surface area (Å²) in [5.41, 5.74) is 0. The van der Waals surface area contributed by atoms with Gasteiger partial charge in [0.1, 0.15) is 5.75 Å². The first kappa shape index (κ1) is 17.2. The number of halogens is 4. The van der Waals surface area contributed by atoms with Gasteiger partial charge in [0.15, 0.2) is 11.9 Å². The molecule has 22 heavy (non-hydrogen) atoms. The quantitative estimate of drug-likeness (QED) is 0.803. The lowest BCUT2D eigenvalue weighted by molar-refractivity contribution is -0.122. The molecule has 1 atom stereocenters. The number of carbonyl (C=O) groups is 1. The SMILES string of the molecule is CC(Oc1ccc(Cl)cc1Cl)C(=O)Nc1ncc(Cl)cc1Cl. The van der Waals surface area contributed by atoms with Gasteiger partial charge in [0, 0.05) is 11.2 Å². The Bertz CT molecular complexity index is 709. The summed E-state index contributed by atoms with van der Waals surface area (Å²) in [4.78, 5) is 16.0. The second kappa shape index (κ2) is 7.38. The van der Waals surface area contributed by atoms with Crippen molar-refractivity contribution in [3.05, 3.63) is 50.6 Å². The van der Waals surface area contributed by atoms with Crippen LogP contribution in [0.5, 0.6) is 5.75 Å². The minimum atomic E-state index is -0.813. The topological polar surface area (TPSA) is 51.2 Å². The Kier molecular flexibility index (Phi) is 5.75. The first-order valence-corrected chi connectivity index (χ1v) is 7.61. The number of hydrogen-bond donors (Lipinski definition) is 1. The molecule has 1 N–H and O–H groups in total. The largest absolute Gasteiger partial charge is 0.479 e.